The third-order valence-electron chi connectivity index (χ3n) is 4.99. The van der Waals surface area contributed by atoms with Gasteiger partial charge in [0.05, 0.1) is 5.02 Å². The number of halogens is 2. The Labute approximate surface area is 161 Å². The highest BCUT2D eigenvalue weighted by molar-refractivity contribution is 6.31. The highest BCUT2D eigenvalue weighted by Gasteiger charge is 2.31. The molecule has 1 amide bonds. The predicted octanol–water partition coefficient (Wildman–Crippen LogP) is 4.26. The van der Waals surface area contributed by atoms with Crippen LogP contribution in [0.3, 0.4) is 0 Å². The smallest absolute Gasteiger partial charge is 0.253 e. The number of carbonyl (C=O) groups is 1. The van der Waals surface area contributed by atoms with Gasteiger partial charge >= 0.3 is 0 Å². The summed E-state index contributed by atoms with van der Waals surface area (Å²) in [5.74, 6) is 0.493. The number of aromatic nitrogens is 3. The molecule has 0 bridgehead atoms. The normalized spacial score (nSPS) is 17.0. The van der Waals surface area contributed by atoms with Crippen LogP contribution in [0.15, 0.2) is 36.5 Å². The van der Waals surface area contributed by atoms with Gasteiger partial charge in [-0.2, -0.15) is 0 Å². The summed E-state index contributed by atoms with van der Waals surface area (Å²) in [6.45, 7) is 4.20. The van der Waals surface area contributed by atoms with Gasteiger partial charge in [0, 0.05) is 37.3 Å². The molecule has 0 aliphatic carbocycles. The summed E-state index contributed by atoms with van der Waals surface area (Å²) in [5, 5.41) is -0.0348. The van der Waals surface area contributed by atoms with Crippen LogP contribution in [0.5, 0.6) is 0 Å². The number of hydrogen-bond donors (Lipinski definition) is 0. The first-order valence-electron chi connectivity index (χ1n) is 9.14. The monoisotopic (exact) mass is 386 g/mol. The van der Waals surface area contributed by atoms with Crippen molar-refractivity contribution < 1.29 is 9.18 Å². The number of nitrogens with zero attached hydrogens (tertiary/aromatic N) is 4. The Morgan fingerprint density at radius 2 is 2.22 bits per heavy atom. The van der Waals surface area contributed by atoms with Crippen LogP contribution in [-0.2, 0) is 6.54 Å². The fraction of sp³-hybridized carbons (Fsp3) is 0.350. The number of benzene rings is 1. The minimum atomic E-state index is -0.520. The van der Waals surface area contributed by atoms with Crippen LogP contribution in [0.1, 0.15) is 41.9 Å². The van der Waals surface area contributed by atoms with E-state index in [9.17, 15) is 9.18 Å². The number of pyridine rings is 1. The van der Waals surface area contributed by atoms with Gasteiger partial charge in [-0.25, -0.2) is 14.4 Å². The Balaban J connectivity index is 1.59. The second kappa shape index (κ2) is 7.27. The molecule has 5 nitrogen and oxygen atoms in total. The largest absolute Gasteiger partial charge is 0.338 e. The predicted molar refractivity (Wildman–Crippen MR) is 102 cm³/mol. The maximum atomic E-state index is 13.4. The third kappa shape index (κ3) is 3.30. The lowest BCUT2D eigenvalue weighted by atomic mass is 10.1. The number of carbonyl (C=O) groups excluding carboxylic acids is 1. The number of hydrogen-bond acceptors (Lipinski definition) is 3. The molecular formula is C20H20ClFN4O. The van der Waals surface area contributed by atoms with E-state index in [-0.39, 0.29) is 16.8 Å². The van der Waals surface area contributed by atoms with Crippen molar-refractivity contribution >= 4 is 28.7 Å². The second-order valence-electron chi connectivity index (χ2n) is 6.83. The van der Waals surface area contributed by atoms with Crippen LogP contribution in [0, 0.1) is 5.82 Å². The van der Waals surface area contributed by atoms with Gasteiger partial charge in [-0.05, 0) is 43.2 Å². The summed E-state index contributed by atoms with van der Waals surface area (Å²) >= 11 is 5.82. The Morgan fingerprint density at radius 1 is 1.37 bits per heavy atom. The molecule has 1 saturated heterocycles. The van der Waals surface area contributed by atoms with E-state index in [1.807, 2.05) is 12.1 Å². The van der Waals surface area contributed by atoms with Crippen molar-refractivity contribution in [1.82, 2.24) is 19.4 Å². The topological polar surface area (TPSA) is 51.0 Å². The van der Waals surface area contributed by atoms with E-state index >= 15 is 0 Å². The van der Waals surface area contributed by atoms with Crippen molar-refractivity contribution in [2.75, 3.05) is 13.1 Å². The summed E-state index contributed by atoms with van der Waals surface area (Å²) in [4.78, 5) is 23.8. The lowest BCUT2D eigenvalue weighted by Crippen LogP contribution is -2.28. The molecule has 27 heavy (non-hydrogen) atoms. The molecule has 2 aromatic heterocycles. The summed E-state index contributed by atoms with van der Waals surface area (Å²) < 4.78 is 15.5. The van der Waals surface area contributed by atoms with Gasteiger partial charge in [-0.3, -0.25) is 4.79 Å². The second-order valence-corrected chi connectivity index (χ2v) is 7.24. The van der Waals surface area contributed by atoms with Crippen molar-refractivity contribution in [2.24, 2.45) is 0 Å². The molecule has 1 fully saturated rings. The van der Waals surface area contributed by atoms with Gasteiger partial charge in [-0.1, -0.05) is 18.5 Å². The highest BCUT2D eigenvalue weighted by Crippen LogP contribution is 2.30. The Bertz CT molecular complexity index is 1000. The van der Waals surface area contributed by atoms with E-state index in [0.29, 0.717) is 18.7 Å². The van der Waals surface area contributed by atoms with E-state index in [1.54, 1.807) is 11.1 Å². The Hall–Kier alpha value is -2.47. The average Bonchev–Trinajstić information content (AvgIpc) is 3.29. The molecule has 0 saturated carbocycles. The number of rotatable bonds is 4. The highest BCUT2D eigenvalue weighted by atomic mass is 35.5. The van der Waals surface area contributed by atoms with Crippen molar-refractivity contribution in [1.29, 1.82) is 0 Å². The zero-order valence-corrected chi connectivity index (χ0v) is 15.8. The van der Waals surface area contributed by atoms with E-state index in [4.69, 9.17) is 16.6 Å². The molecule has 1 unspecified atom stereocenters. The van der Waals surface area contributed by atoms with Gasteiger partial charge in [0.1, 0.15) is 17.2 Å². The van der Waals surface area contributed by atoms with Gasteiger partial charge in [-0.15, -0.1) is 0 Å². The molecule has 4 rings (SSSR count). The summed E-state index contributed by atoms with van der Waals surface area (Å²) in [7, 11) is 0. The standard InChI is InChI=1S/C20H20ClFN4O/c1-2-9-26-18(24-17-4-3-8-23-19(17)26)14-7-10-25(12-14)20(27)13-5-6-16(22)15(21)11-13/h3-6,8,11,14H,2,7,9-10,12H2,1H3. The molecule has 1 aliphatic rings. The molecule has 3 aromatic rings. The first-order valence-corrected chi connectivity index (χ1v) is 9.51. The molecule has 0 N–H and O–H groups in total. The molecule has 140 valence electrons. The Kier molecular flexibility index (Phi) is 4.83. The molecule has 1 aromatic carbocycles. The van der Waals surface area contributed by atoms with Crippen molar-refractivity contribution in [2.45, 2.75) is 32.2 Å². The zero-order chi connectivity index (χ0) is 19.0. The SMILES string of the molecule is CCCn1c(C2CCN(C(=O)c3ccc(F)c(Cl)c3)C2)nc2cccnc21. The van der Waals surface area contributed by atoms with E-state index in [1.165, 1.54) is 18.2 Å². The van der Waals surface area contributed by atoms with Crippen LogP contribution < -0.4 is 0 Å². The first kappa shape index (κ1) is 17.9. The quantitative estimate of drug-likeness (QED) is 0.673. The lowest BCUT2D eigenvalue weighted by Gasteiger charge is -2.17. The van der Waals surface area contributed by atoms with Gasteiger partial charge in [0.2, 0.25) is 0 Å². The molecule has 1 atom stereocenters. The average molecular weight is 387 g/mol. The summed E-state index contributed by atoms with van der Waals surface area (Å²) in [5.41, 5.74) is 2.19. The maximum Gasteiger partial charge on any atom is 0.253 e. The lowest BCUT2D eigenvalue weighted by molar-refractivity contribution is 0.0790. The first-order chi connectivity index (χ1) is 13.1. The fourth-order valence-corrected chi connectivity index (χ4v) is 3.88. The van der Waals surface area contributed by atoms with Crippen molar-refractivity contribution in [3.8, 4) is 0 Å². The Morgan fingerprint density at radius 3 is 3.00 bits per heavy atom. The fourth-order valence-electron chi connectivity index (χ4n) is 3.70. The molecule has 0 radical (unpaired) electrons. The van der Waals surface area contributed by atoms with Gasteiger partial charge < -0.3 is 9.47 Å². The maximum absolute atomic E-state index is 13.4. The van der Waals surface area contributed by atoms with Crippen molar-refractivity contribution in [3.63, 3.8) is 0 Å². The van der Waals surface area contributed by atoms with E-state index in [0.717, 1.165) is 36.4 Å². The number of imidazole rings is 1. The van der Waals surface area contributed by atoms with Crippen LogP contribution in [0.25, 0.3) is 11.2 Å². The number of likely N-dealkylation sites (tertiary alicyclic amines) is 1. The zero-order valence-electron chi connectivity index (χ0n) is 15.0. The van der Waals surface area contributed by atoms with Crippen LogP contribution in [0.4, 0.5) is 4.39 Å². The number of fused-ring (bicyclic) bond motifs is 1. The molecular weight excluding hydrogens is 367 g/mol. The summed E-state index contributed by atoms with van der Waals surface area (Å²) in [6, 6.07) is 7.96. The minimum absolute atomic E-state index is 0.0348. The summed E-state index contributed by atoms with van der Waals surface area (Å²) in [6.07, 6.45) is 3.61. The van der Waals surface area contributed by atoms with E-state index < -0.39 is 5.82 Å². The van der Waals surface area contributed by atoms with Gasteiger partial charge in [0.25, 0.3) is 5.91 Å². The third-order valence-corrected chi connectivity index (χ3v) is 5.28. The molecule has 3 heterocycles. The van der Waals surface area contributed by atoms with Gasteiger partial charge in [0.15, 0.2) is 5.65 Å². The molecule has 0 spiro atoms. The molecule has 7 heteroatoms. The number of aryl methyl sites for hydroxylation is 1. The minimum Gasteiger partial charge on any atom is -0.338 e. The van der Waals surface area contributed by atoms with Crippen molar-refractivity contribution in [3.05, 3.63) is 58.8 Å². The van der Waals surface area contributed by atoms with Crippen LogP contribution >= 0.6 is 11.6 Å². The molecule has 1 aliphatic heterocycles. The van der Waals surface area contributed by atoms with E-state index in [2.05, 4.69) is 16.5 Å². The van der Waals surface area contributed by atoms with Crippen LogP contribution in [0.2, 0.25) is 5.02 Å². The number of amides is 1. The van der Waals surface area contributed by atoms with Crippen LogP contribution in [-0.4, -0.2) is 38.4 Å².